The predicted molar refractivity (Wildman–Crippen MR) is 50.0 cm³/mol. The lowest BCUT2D eigenvalue weighted by atomic mass is 9.84. The second-order valence-corrected chi connectivity index (χ2v) is 3.69. The van der Waals surface area contributed by atoms with Crippen molar-refractivity contribution in [2.24, 2.45) is 11.7 Å². The van der Waals surface area contributed by atoms with Crippen molar-refractivity contribution >= 4 is 0 Å². The fourth-order valence-corrected chi connectivity index (χ4v) is 1.31. The zero-order valence-electron chi connectivity index (χ0n) is 8.66. The minimum Gasteiger partial charge on any atom is -0.340 e. The normalized spacial score (nSPS) is 16.2. The van der Waals surface area contributed by atoms with Crippen LogP contribution in [0.25, 0.3) is 0 Å². The molecule has 0 aliphatic rings. The van der Waals surface area contributed by atoms with Gasteiger partial charge >= 0.3 is 0 Å². The Morgan fingerprint density at radius 3 is 2.46 bits per heavy atom. The standard InChI is InChI=1S/C9H17N3O/c1-5-9(10,6(2)3)8-11-7(4)13-12-8/h6H,5,10H2,1-4H3. The lowest BCUT2D eigenvalue weighted by molar-refractivity contribution is 0.273. The van der Waals surface area contributed by atoms with Gasteiger partial charge in [0.2, 0.25) is 5.89 Å². The fourth-order valence-electron chi connectivity index (χ4n) is 1.31. The topological polar surface area (TPSA) is 64.9 Å². The van der Waals surface area contributed by atoms with Crippen LogP contribution in [0.2, 0.25) is 0 Å². The molecule has 1 aromatic heterocycles. The van der Waals surface area contributed by atoms with Gasteiger partial charge in [-0.1, -0.05) is 25.9 Å². The molecule has 0 saturated heterocycles. The van der Waals surface area contributed by atoms with Gasteiger partial charge in [0.05, 0.1) is 5.54 Å². The summed E-state index contributed by atoms with van der Waals surface area (Å²) in [5, 5.41) is 3.87. The monoisotopic (exact) mass is 183 g/mol. The van der Waals surface area contributed by atoms with Crippen molar-refractivity contribution in [2.45, 2.75) is 39.7 Å². The second-order valence-electron chi connectivity index (χ2n) is 3.69. The first-order valence-corrected chi connectivity index (χ1v) is 4.60. The molecule has 2 N–H and O–H groups in total. The zero-order valence-corrected chi connectivity index (χ0v) is 8.66. The Morgan fingerprint density at radius 1 is 1.54 bits per heavy atom. The van der Waals surface area contributed by atoms with Gasteiger partial charge in [-0.3, -0.25) is 0 Å². The zero-order chi connectivity index (χ0) is 10.1. The number of hydrogen-bond donors (Lipinski definition) is 1. The van der Waals surface area contributed by atoms with Gasteiger partial charge in [-0.15, -0.1) is 0 Å². The molecule has 0 aliphatic heterocycles. The SMILES string of the molecule is CCC(N)(c1noc(C)n1)C(C)C. The molecule has 4 heteroatoms. The quantitative estimate of drug-likeness (QED) is 0.773. The number of aryl methyl sites for hydroxylation is 1. The van der Waals surface area contributed by atoms with E-state index in [0.717, 1.165) is 6.42 Å². The minimum atomic E-state index is -0.461. The van der Waals surface area contributed by atoms with Crippen LogP contribution in [0.3, 0.4) is 0 Å². The van der Waals surface area contributed by atoms with Crippen molar-refractivity contribution in [3.05, 3.63) is 11.7 Å². The molecule has 0 aromatic carbocycles. The van der Waals surface area contributed by atoms with Crippen LogP contribution in [0.15, 0.2) is 4.52 Å². The highest BCUT2D eigenvalue weighted by Gasteiger charge is 2.33. The van der Waals surface area contributed by atoms with Gasteiger partial charge in [0, 0.05) is 6.92 Å². The maximum Gasteiger partial charge on any atom is 0.223 e. The van der Waals surface area contributed by atoms with Crippen LogP contribution < -0.4 is 5.73 Å². The van der Waals surface area contributed by atoms with Gasteiger partial charge in [-0.25, -0.2) is 0 Å². The third kappa shape index (κ3) is 1.72. The molecule has 0 radical (unpaired) electrons. The lowest BCUT2D eigenvalue weighted by Gasteiger charge is -2.28. The first-order valence-electron chi connectivity index (χ1n) is 4.60. The van der Waals surface area contributed by atoms with Crippen molar-refractivity contribution in [3.8, 4) is 0 Å². The predicted octanol–water partition coefficient (Wildman–Crippen LogP) is 1.60. The molecule has 0 fully saturated rings. The fraction of sp³-hybridized carbons (Fsp3) is 0.778. The van der Waals surface area contributed by atoms with Crippen LogP contribution in [0.1, 0.15) is 38.9 Å². The highest BCUT2D eigenvalue weighted by atomic mass is 16.5. The number of nitrogens with two attached hydrogens (primary N) is 1. The molecule has 4 nitrogen and oxygen atoms in total. The average Bonchev–Trinajstić information content (AvgIpc) is 2.50. The summed E-state index contributed by atoms with van der Waals surface area (Å²) in [4.78, 5) is 4.17. The smallest absolute Gasteiger partial charge is 0.223 e. The van der Waals surface area contributed by atoms with Crippen LogP contribution in [0.4, 0.5) is 0 Å². The Bertz CT molecular complexity index is 282. The molecule has 74 valence electrons. The maximum atomic E-state index is 6.19. The minimum absolute atomic E-state index is 0.300. The van der Waals surface area contributed by atoms with Crippen LogP contribution in [0, 0.1) is 12.8 Å². The molecule has 0 spiro atoms. The van der Waals surface area contributed by atoms with E-state index in [-0.39, 0.29) is 0 Å². The largest absolute Gasteiger partial charge is 0.340 e. The van der Waals surface area contributed by atoms with E-state index in [1.807, 2.05) is 6.92 Å². The molecule has 0 amide bonds. The van der Waals surface area contributed by atoms with Crippen molar-refractivity contribution in [1.82, 2.24) is 10.1 Å². The van der Waals surface area contributed by atoms with Crippen molar-refractivity contribution < 1.29 is 4.52 Å². The van der Waals surface area contributed by atoms with Gasteiger partial charge in [0.15, 0.2) is 5.82 Å². The summed E-state index contributed by atoms with van der Waals surface area (Å²) in [5.74, 6) is 1.48. The van der Waals surface area contributed by atoms with E-state index in [1.165, 1.54) is 0 Å². The van der Waals surface area contributed by atoms with Crippen LogP contribution in [-0.4, -0.2) is 10.1 Å². The summed E-state index contributed by atoms with van der Waals surface area (Å²) in [6, 6.07) is 0. The summed E-state index contributed by atoms with van der Waals surface area (Å²) in [6.07, 6.45) is 0.809. The summed E-state index contributed by atoms with van der Waals surface area (Å²) in [5.41, 5.74) is 5.73. The molecule has 0 saturated carbocycles. The van der Waals surface area contributed by atoms with E-state index in [4.69, 9.17) is 10.3 Å². The first-order chi connectivity index (χ1) is 6.00. The highest BCUT2D eigenvalue weighted by Crippen LogP contribution is 2.27. The Hall–Kier alpha value is -0.900. The Morgan fingerprint density at radius 2 is 2.15 bits per heavy atom. The van der Waals surface area contributed by atoms with Crippen molar-refractivity contribution in [1.29, 1.82) is 0 Å². The van der Waals surface area contributed by atoms with Gasteiger partial charge in [-0.2, -0.15) is 4.98 Å². The molecule has 13 heavy (non-hydrogen) atoms. The van der Waals surface area contributed by atoms with E-state index in [0.29, 0.717) is 17.6 Å². The number of rotatable bonds is 3. The molecule has 1 atom stereocenters. The average molecular weight is 183 g/mol. The number of aromatic nitrogens is 2. The lowest BCUT2D eigenvalue weighted by Crippen LogP contribution is -2.42. The first kappa shape index (κ1) is 10.2. The summed E-state index contributed by atoms with van der Waals surface area (Å²) < 4.78 is 4.92. The van der Waals surface area contributed by atoms with E-state index in [2.05, 4.69) is 24.0 Å². The summed E-state index contributed by atoms with van der Waals surface area (Å²) in [7, 11) is 0. The van der Waals surface area contributed by atoms with Crippen LogP contribution >= 0.6 is 0 Å². The van der Waals surface area contributed by atoms with Crippen LogP contribution in [0.5, 0.6) is 0 Å². The van der Waals surface area contributed by atoms with Gasteiger partial charge in [0.25, 0.3) is 0 Å². The molecule has 0 bridgehead atoms. The Labute approximate surface area is 78.5 Å². The van der Waals surface area contributed by atoms with Gasteiger partial charge < -0.3 is 10.3 Å². The van der Waals surface area contributed by atoms with Gasteiger partial charge in [-0.05, 0) is 12.3 Å². The van der Waals surface area contributed by atoms with E-state index < -0.39 is 5.54 Å². The Balaban J connectivity index is 3.02. The molecule has 1 unspecified atom stereocenters. The van der Waals surface area contributed by atoms with Crippen molar-refractivity contribution in [3.63, 3.8) is 0 Å². The molecule has 0 aliphatic carbocycles. The Kier molecular flexibility index (Phi) is 2.71. The van der Waals surface area contributed by atoms with Crippen molar-refractivity contribution in [2.75, 3.05) is 0 Å². The number of hydrogen-bond acceptors (Lipinski definition) is 4. The molecular weight excluding hydrogens is 166 g/mol. The van der Waals surface area contributed by atoms with E-state index >= 15 is 0 Å². The van der Waals surface area contributed by atoms with Crippen LogP contribution in [-0.2, 0) is 5.54 Å². The molecule has 1 aromatic rings. The summed E-state index contributed by atoms with van der Waals surface area (Å²) >= 11 is 0. The second kappa shape index (κ2) is 3.46. The summed E-state index contributed by atoms with van der Waals surface area (Å²) in [6.45, 7) is 7.93. The third-order valence-corrected chi connectivity index (χ3v) is 2.56. The molecule has 1 heterocycles. The maximum absolute atomic E-state index is 6.19. The highest BCUT2D eigenvalue weighted by molar-refractivity contribution is 5.04. The molecule has 1 rings (SSSR count). The molecular formula is C9H17N3O. The van der Waals surface area contributed by atoms with Gasteiger partial charge in [0.1, 0.15) is 0 Å². The number of nitrogens with zero attached hydrogens (tertiary/aromatic N) is 2. The third-order valence-electron chi connectivity index (χ3n) is 2.56. The van der Waals surface area contributed by atoms with E-state index in [1.54, 1.807) is 6.92 Å². The van der Waals surface area contributed by atoms with E-state index in [9.17, 15) is 0 Å².